The van der Waals surface area contributed by atoms with Crippen LogP contribution in [0.25, 0.3) is 0 Å². The Bertz CT molecular complexity index is 403. The second-order valence-corrected chi connectivity index (χ2v) is 4.64. The fourth-order valence-electron chi connectivity index (χ4n) is 1.64. The highest BCUT2D eigenvalue weighted by molar-refractivity contribution is 7.10. The minimum absolute atomic E-state index is 0.274. The van der Waals surface area contributed by atoms with Crippen LogP contribution in [0.15, 0.2) is 41.8 Å². The lowest BCUT2D eigenvalue weighted by molar-refractivity contribution is -0.410. The van der Waals surface area contributed by atoms with Gasteiger partial charge in [0.25, 0.3) is 0 Å². The molecule has 1 atom stereocenters. The number of hydrogen-bond acceptors (Lipinski definition) is 1. The van der Waals surface area contributed by atoms with Gasteiger partial charge in [-0.15, -0.1) is 11.3 Å². The molecule has 0 spiro atoms. The first-order valence-corrected chi connectivity index (χ1v) is 6.14. The van der Waals surface area contributed by atoms with Crippen LogP contribution < -0.4 is 5.73 Å². The Morgan fingerprint density at radius 2 is 1.93 bits per heavy atom. The third-order valence-corrected chi connectivity index (χ3v) is 3.66. The van der Waals surface area contributed by atoms with E-state index in [9.17, 15) is 0 Å². The Kier molecular flexibility index (Phi) is 3.19. The van der Waals surface area contributed by atoms with Gasteiger partial charge in [-0.2, -0.15) is 0 Å². The third kappa shape index (κ3) is 2.28. The van der Waals surface area contributed by atoms with Gasteiger partial charge >= 0.3 is 0 Å². The van der Waals surface area contributed by atoms with Crippen molar-refractivity contribution >= 4 is 11.3 Å². The van der Waals surface area contributed by atoms with Crippen LogP contribution in [0.1, 0.15) is 29.0 Å². The van der Waals surface area contributed by atoms with Gasteiger partial charge in [0.15, 0.2) is 0 Å². The molecule has 0 saturated heterocycles. The van der Waals surface area contributed by atoms with Crippen molar-refractivity contribution in [2.24, 2.45) is 0 Å². The topological polar surface area (TPSA) is 27.6 Å². The summed E-state index contributed by atoms with van der Waals surface area (Å²) in [6.45, 7) is 2.18. The van der Waals surface area contributed by atoms with Gasteiger partial charge in [-0.25, -0.2) is 0 Å². The minimum atomic E-state index is 0.274. The van der Waals surface area contributed by atoms with Crippen molar-refractivity contribution in [2.75, 3.05) is 0 Å². The first-order chi connectivity index (χ1) is 7.31. The van der Waals surface area contributed by atoms with Crippen LogP contribution in [-0.2, 0) is 6.42 Å². The molecule has 0 saturated carbocycles. The van der Waals surface area contributed by atoms with Crippen molar-refractivity contribution < 1.29 is 5.73 Å². The van der Waals surface area contributed by atoms with Gasteiger partial charge in [0.05, 0.1) is 4.88 Å². The van der Waals surface area contributed by atoms with Crippen molar-refractivity contribution in [1.82, 2.24) is 0 Å². The van der Waals surface area contributed by atoms with Crippen LogP contribution in [-0.4, -0.2) is 0 Å². The first kappa shape index (κ1) is 10.4. The molecule has 78 valence electrons. The van der Waals surface area contributed by atoms with Crippen molar-refractivity contribution in [3.05, 3.63) is 57.8 Å². The zero-order valence-corrected chi connectivity index (χ0v) is 9.76. The maximum Gasteiger partial charge on any atom is 0.145 e. The van der Waals surface area contributed by atoms with E-state index in [1.807, 2.05) is 0 Å². The molecule has 1 nitrogen and oxygen atoms in total. The highest BCUT2D eigenvalue weighted by Gasteiger charge is 2.12. The second kappa shape index (κ2) is 4.60. The highest BCUT2D eigenvalue weighted by atomic mass is 32.1. The molecule has 0 unspecified atom stereocenters. The normalized spacial score (nSPS) is 12.7. The van der Waals surface area contributed by atoms with Crippen molar-refractivity contribution in [3.8, 4) is 0 Å². The molecule has 15 heavy (non-hydrogen) atoms. The number of rotatable bonds is 3. The van der Waals surface area contributed by atoms with E-state index in [2.05, 4.69) is 54.4 Å². The lowest BCUT2D eigenvalue weighted by Gasteiger charge is -2.07. The van der Waals surface area contributed by atoms with Gasteiger partial charge in [-0.05, 0) is 23.4 Å². The Hall–Kier alpha value is -1.12. The molecule has 2 heteroatoms. The van der Waals surface area contributed by atoms with Crippen molar-refractivity contribution in [3.63, 3.8) is 0 Å². The van der Waals surface area contributed by atoms with Crippen molar-refractivity contribution in [2.45, 2.75) is 19.4 Å². The van der Waals surface area contributed by atoms with Gasteiger partial charge < -0.3 is 5.73 Å². The maximum absolute atomic E-state index is 4.22. The van der Waals surface area contributed by atoms with E-state index in [1.165, 1.54) is 16.0 Å². The van der Waals surface area contributed by atoms with Gasteiger partial charge in [0.1, 0.15) is 6.04 Å². The lowest BCUT2D eigenvalue weighted by Crippen LogP contribution is -2.53. The number of quaternary nitrogens is 1. The molecule has 0 aliphatic rings. The SMILES string of the molecule is CCc1ccc([C@H]([NH3+])c2cccs2)cc1. The second-order valence-electron chi connectivity index (χ2n) is 3.66. The zero-order valence-electron chi connectivity index (χ0n) is 8.94. The third-order valence-electron chi connectivity index (χ3n) is 2.68. The fourth-order valence-corrected chi connectivity index (χ4v) is 2.41. The van der Waals surface area contributed by atoms with Crippen LogP contribution in [0.3, 0.4) is 0 Å². The lowest BCUT2D eigenvalue weighted by atomic mass is 10.0. The molecule has 1 aromatic carbocycles. The van der Waals surface area contributed by atoms with E-state index >= 15 is 0 Å². The molecule has 1 heterocycles. The Morgan fingerprint density at radius 3 is 2.47 bits per heavy atom. The van der Waals surface area contributed by atoms with Crippen LogP contribution in [0, 0.1) is 0 Å². The Labute approximate surface area is 94.6 Å². The summed E-state index contributed by atoms with van der Waals surface area (Å²) < 4.78 is 0. The van der Waals surface area contributed by atoms with E-state index in [1.54, 1.807) is 11.3 Å². The molecule has 0 fully saturated rings. The van der Waals surface area contributed by atoms with Gasteiger partial charge in [0, 0.05) is 5.56 Å². The van der Waals surface area contributed by atoms with E-state index in [4.69, 9.17) is 0 Å². The molecule has 0 amide bonds. The molecule has 2 rings (SSSR count). The molecule has 0 aliphatic carbocycles. The summed E-state index contributed by atoms with van der Waals surface area (Å²) in [6, 6.07) is 13.3. The summed E-state index contributed by atoms with van der Waals surface area (Å²) in [5.41, 5.74) is 6.90. The number of benzene rings is 1. The van der Waals surface area contributed by atoms with Gasteiger partial charge in [0.2, 0.25) is 0 Å². The molecule has 0 bridgehead atoms. The molecule has 0 radical (unpaired) electrons. The van der Waals surface area contributed by atoms with Crippen LogP contribution >= 0.6 is 11.3 Å². The maximum atomic E-state index is 4.22. The molecule has 1 aromatic heterocycles. The summed E-state index contributed by atoms with van der Waals surface area (Å²) >= 11 is 1.77. The molecule has 3 N–H and O–H groups in total. The largest absolute Gasteiger partial charge is 0.347 e. The van der Waals surface area contributed by atoms with Crippen LogP contribution in [0.5, 0.6) is 0 Å². The molecule has 0 aliphatic heterocycles. The summed E-state index contributed by atoms with van der Waals surface area (Å²) in [7, 11) is 0. The Balaban J connectivity index is 2.22. The first-order valence-electron chi connectivity index (χ1n) is 5.26. The number of hydrogen-bond donors (Lipinski definition) is 1. The molecule has 2 aromatic rings. The summed E-state index contributed by atoms with van der Waals surface area (Å²) in [5.74, 6) is 0. The van der Waals surface area contributed by atoms with E-state index in [0.717, 1.165) is 6.42 Å². The quantitative estimate of drug-likeness (QED) is 0.820. The van der Waals surface area contributed by atoms with E-state index < -0.39 is 0 Å². The molecular formula is C13H16NS+. The molecular weight excluding hydrogens is 202 g/mol. The fraction of sp³-hybridized carbons (Fsp3) is 0.231. The highest BCUT2D eigenvalue weighted by Crippen LogP contribution is 2.22. The summed E-state index contributed by atoms with van der Waals surface area (Å²) in [4.78, 5) is 1.33. The number of thiophene rings is 1. The van der Waals surface area contributed by atoms with Crippen LogP contribution in [0.4, 0.5) is 0 Å². The van der Waals surface area contributed by atoms with Gasteiger partial charge in [-0.1, -0.05) is 37.3 Å². The minimum Gasteiger partial charge on any atom is -0.347 e. The van der Waals surface area contributed by atoms with E-state index in [0.29, 0.717) is 0 Å². The average Bonchev–Trinajstić information content (AvgIpc) is 2.82. The predicted octanol–water partition coefficient (Wildman–Crippen LogP) is 2.64. The zero-order chi connectivity index (χ0) is 10.7. The summed E-state index contributed by atoms with van der Waals surface area (Å²) in [6.07, 6.45) is 1.10. The Morgan fingerprint density at radius 1 is 1.20 bits per heavy atom. The number of aryl methyl sites for hydroxylation is 1. The smallest absolute Gasteiger partial charge is 0.145 e. The predicted molar refractivity (Wildman–Crippen MR) is 64.9 cm³/mol. The standard InChI is InChI=1S/C13H15NS/c1-2-10-5-7-11(8-6-10)13(14)12-4-3-9-15-12/h3-9,13H,2,14H2,1H3/p+1/t13-/m0/s1. The average molecular weight is 218 g/mol. The van der Waals surface area contributed by atoms with Crippen molar-refractivity contribution in [1.29, 1.82) is 0 Å². The van der Waals surface area contributed by atoms with Crippen LogP contribution in [0.2, 0.25) is 0 Å². The van der Waals surface area contributed by atoms with Gasteiger partial charge in [-0.3, -0.25) is 0 Å². The van der Waals surface area contributed by atoms with E-state index in [-0.39, 0.29) is 6.04 Å². The summed E-state index contributed by atoms with van der Waals surface area (Å²) in [5, 5.41) is 2.11. The monoisotopic (exact) mass is 218 g/mol.